The molecule has 4 nitrogen and oxygen atoms in total. The second kappa shape index (κ2) is 5.78. The zero-order valence-electron chi connectivity index (χ0n) is 11.6. The molecule has 0 amide bonds. The molecule has 0 saturated carbocycles. The third-order valence-corrected chi connectivity index (χ3v) is 4.14. The van der Waals surface area contributed by atoms with Gasteiger partial charge in [-0.15, -0.1) is 0 Å². The number of hydrogen-bond donors (Lipinski definition) is 1. The lowest BCUT2D eigenvalue weighted by molar-refractivity contribution is 0.0352. The van der Waals surface area contributed by atoms with E-state index in [-0.39, 0.29) is 0 Å². The molecule has 0 bridgehead atoms. The van der Waals surface area contributed by atoms with Crippen molar-refractivity contribution in [3.63, 3.8) is 0 Å². The second-order valence-corrected chi connectivity index (χ2v) is 5.35. The summed E-state index contributed by atoms with van der Waals surface area (Å²) in [6, 6.07) is 5.61. The van der Waals surface area contributed by atoms with E-state index >= 15 is 0 Å². The Labute approximate surface area is 110 Å². The van der Waals surface area contributed by atoms with Crippen LogP contribution in [0.3, 0.4) is 0 Å². The van der Waals surface area contributed by atoms with Crippen LogP contribution in [0.5, 0.6) is 0 Å². The number of nitrogens with zero attached hydrogens (tertiary/aromatic N) is 3. The van der Waals surface area contributed by atoms with Crippen LogP contribution in [0, 0.1) is 0 Å². The minimum atomic E-state index is 0.312. The standard InChI is InChI=1S/C14H24N4/c1-11-9-18(10-12(2)17(11)3)14(8-15)13-4-6-16-7-5-13/h4-7,11-12,14H,8-10,15H2,1-3H3. The molecule has 0 aliphatic carbocycles. The van der Waals surface area contributed by atoms with Crippen LogP contribution in [0.2, 0.25) is 0 Å². The van der Waals surface area contributed by atoms with E-state index in [2.05, 4.69) is 47.8 Å². The summed E-state index contributed by atoms with van der Waals surface area (Å²) in [5, 5.41) is 0. The molecule has 1 aliphatic rings. The zero-order chi connectivity index (χ0) is 13.1. The maximum Gasteiger partial charge on any atom is 0.0472 e. The third kappa shape index (κ3) is 2.71. The molecule has 1 aromatic rings. The molecule has 2 heterocycles. The van der Waals surface area contributed by atoms with E-state index in [0.29, 0.717) is 24.7 Å². The molecule has 18 heavy (non-hydrogen) atoms. The number of likely N-dealkylation sites (N-methyl/N-ethyl adjacent to an activating group) is 1. The molecular weight excluding hydrogens is 224 g/mol. The summed E-state index contributed by atoms with van der Waals surface area (Å²) in [7, 11) is 2.20. The highest BCUT2D eigenvalue weighted by Crippen LogP contribution is 2.24. The summed E-state index contributed by atoms with van der Waals surface area (Å²) >= 11 is 0. The molecule has 1 saturated heterocycles. The van der Waals surface area contributed by atoms with Gasteiger partial charge in [0.25, 0.3) is 0 Å². The van der Waals surface area contributed by atoms with E-state index in [0.717, 1.165) is 13.1 Å². The molecule has 0 spiro atoms. The average molecular weight is 248 g/mol. The van der Waals surface area contributed by atoms with Gasteiger partial charge < -0.3 is 5.73 Å². The quantitative estimate of drug-likeness (QED) is 0.870. The predicted molar refractivity (Wildman–Crippen MR) is 74.3 cm³/mol. The summed E-state index contributed by atoms with van der Waals surface area (Å²) in [6.45, 7) is 7.37. The van der Waals surface area contributed by atoms with Gasteiger partial charge >= 0.3 is 0 Å². The van der Waals surface area contributed by atoms with Crippen LogP contribution in [-0.4, -0.2) is 53.5 Å². The lowest BCUT2D eigenvalue weighted by Crippen LogP contribution is -2.56. The molecule has 100 valence electrons. The van der Waals surface area contributed by atoms with Crippen molar-refractivity contribution >= 4 is 0 Å². The van der Waals surface area contributed by atoms with Crippen molar-refractivity contribution < 1.29 is 0 Å². The van der Waals surface area contributed by atoms with Gasteiger partial charge in [-0.25, -0.2) is 0 Å². The van der Waals surface area contributed by atoms with Crippen molar-refractivity contribution in [2.24, 2.45) is 5.73 Å². The molecule has 4 heteroatoms. The maximum atomic E-state index is 5.99. The van der Waals surface area contributed by atoms with Gasteiger partial charge in [0.2, 0.25) is 0 Å². The smallest absolute Gasteiger partial charge is 0.0472 e. The van der Waals surface area contributed by atoms with Crippen LogP contribution >= 0.6 is 0 Å². The van der Waals surface area contributed by atoms with Crippen molar-refractivity contribution in [3.8, 4) is 0 Å². The Kier molecular flexibility index (Phi) is 4.32. The van der Waals surface area contributed by atoms with Crippen LogP contribution in [0.4, 0.5) is 0 Å². The molecule has 1 aliphatic heterocycles. The summed E-state index contributed by atoms with van der Waals surface area (Å²) < 4.78 is 0. The van der Waals surface area contributed by atoms with E-state index in [1.165, 1.54) is 5.56 Å². The van der Waals surface area contributed by atoms with Crippen LogP contribution in [0.1, 0.15) is 25.5 Å². The summed E-state index contributed by atoms with van der Waals surface area (Å²) in [5.74, 6) is 0. The van der Waals surface area contributed by atoms with Gasteiger partial charge in [0.15, 0.2) is 0 Å². The second-order valence-electron chi connectivity index (χ2n) is 5.35. The Morgan fingerprint density at radius 2 is 1.83 bits per heavy atom. The van der Waals surface area contributed by atoms with Crippen molar-refractivity contribution in [2.45, 2.75) is 32.0 Å². The van der Waals surface area contributed by atoms with E-state index in [9.17, 15) is 0 Å². The largest absolute Gasteiger partial charge is 0.329 e. The highest BCUT2D eigenvalue weighted by molar-refractivity contribution is 5.16. The van der Waals surface area contributed by atoms with E-state index < -0.39 is 0 Å². The monoisotopic (exact) mass is 248 g/mol. The first-order valence-electron chi connectivity index (χ1n) is 6.69. The molecule has 3 atom stereocenters. The summed E-state index contributed by atoms with van der Waals surface area (Å²) in [6.07, 6.45) is 3.70. The molecule has 1 fully saturated rings. The van der Waals surface area contributed by atoms with Gasteiger partial charge in [0.1, 0.15) is 0 Å². The highest BCUT2D eigenvalue weighted by Gasteiger charge is 2.30. The third-order valence-electron chi connectivity index (χ3n) is 4.14. The van der Waals surface area contributed by atoms with Crippen molar-refractivity contribution in [2.75, 3.05) is 26.7 Å². The fraction of sp³-hybridized carbons (Fsp3) is 0.643. The lowest BCUT2D eigenvalue weighted by Gasteiger charge is -2.45. The van der Waals surface area contributed by atoms with Crippen LogP contribution in [-0.2, 0) is 0 Å². The first-order chi connectivity index (χ1) is 8.63. The van der Waals surface area contributed by atoms with Crippen LogP contribution in [0.25, 0.3) is 0 Å². The predicted octanol–water partition coefficient (Wildman–Crippen LogP) is 1.11. The zero-order valence-corrected chi connectivity index (χ0v) is 11.6. The molecule has 0 aromatic carbocycles. The van der Waals surface area contributed by atoms with Gasteiger partial charge in [-0.1, -0.05) is 0 Å². The fourth-order valence-corrected chi connectivity index (χ4v) is 2.78. The van der Waals surface area contributed by atoms with Crippen molar-refractivity contribution in [1.82, 2.24) is 14.8 Å². The Balaban J connectivity index is 2.14. The average Bonchev–Trinajstić information content (AvgIpc) is 2.38. The number of pyridine rings is 1. The van der Waals surface area contributed by atoms with Crippen LogP contribution < -0.4 is 5.73 Å². The first-order valence-corrected chi connectivity index (χ1v) is 6.69. The normalized spacial score (nSPS) is 28.2. The van der Waals surface area contributed by atoms with Crippen molar-refractivity contribution in [1.29, 1.82) is 0 Å². The topological polar surface area (TPSA) is 45.4 Å². The Bertz CT molecular complexity index is 355. The number of piperazine rings is 1. The molecule has 1 aromatic heterocycles. The van der Waals surface area contributed by atoms with Gasteiger partial charge in [-0.05, 0) is 38.6 Å². The Morgan fingerprint density at radius 1 is 1.28 bits per heavy atom. The van der Waals surface area contributed by atoms with Crippen LogP contribution in [0.15, 0.2) is 24.5 Å². The maximum absolute atomic E-state index is 5.99. The Hall–Kier alpha value is -0.970. The fourth-order valence-electron chi connectivity index (χ4n) is 2.78. The lowest BCUT2D eigenvalue weighted by atomic mass is 10.0. The highest BCUT2D eigenvalue weighted by atomic mass is 15.3. The minimum Gasteiger partial charge on any atom is -0.329 e. The summed E-state index contributed by atoms with van der Waals surface area (Å²) in [5.41, 5.74) is 7.26. The molecular formula is C14H24N4. The van der Waals surface area contributed by atoms with E-state index in [1.54, 1.807) is 0 Å². The van der Waals surface area contributed by atoms with Gasteiger partial charge in [0.05, 0.1) is 0 Å². The SMILES string of the molecule is CC1CN(C(CN)c2ccncc2)CC(C)N1C. The van der Waals surface area contributed by atoms with Gasteiger partial charge in [-0.3, -0.25) is 14.8 Å². The Morgan fingerprint density at radius 3 is 2.33 bits per heavy atom. The van der Waals surface area contributed by atoms with Gasteiger partial charge in [0, 0.05) is 50.2 Å². The number of nitrogens with two attached hydrogens (primary N) is 1. The molecule has 2 rings (SSSR count). The molecule has 0 radical (unpaired) electrons. The summed E-state index contributed by atoms with van der Waals surface area (Å²) in [4.78, 5) is 9.03. The van der Waals surface area contributed by atoms with Gasteiger partial charge in [-0.2, -0.15) is 0 Å². The first kappa shape index (κ1) is 13.5. The van der Waals surface area contributed by atoms with E-state index in [1.807, 2.05) is 12.4 Å². The number of rotatable bonds is 3. The minimum absolute atomic E-state index is 0.312. The molecule has 3 unspecified atom stereocenters. The van der Waals surface area contributed by atoms with E-state index in [4.69, 9.17) is 5.73 Å². The number of aromatic nitrogens is 1. The van der Waals surface area contributed by atoms with Crippen molar-refractivity contribution in [3.05, 3.63) is 30.1 Å². The number of hydrogen-bond acceptors (Lipinski definition) is 4. The molecule has 2 N–H and O–H groups in total.